The Kier molecular flexibility index (Phi) is 3.89. The van der Waals surface area contributed by atoms with Crippen molar-refractivity contribution in [3.8, 4) is 0 Å². The highest BCUT2D eigenvalue weighted by atomic mass is 32.1. The Morgan fingerprint density at radius 2 is 2.14 bits per heavy atom. The van der Waals surface area contributed by atoms with Crippen LogP contribution in [0.3, 0.4) is 0 Å². The molecule has 5 nitrogen and oxygen atoms in total. The van der Waals surface area contributed by atoms with Crippen molar-refractivity contribution in [3.05, 3.63) is 41.2 Å². The largest absolute Gasteiger partial charge is 0.312 e. The maximum Gasteiger partial charge on any atom is 0.231 e. The predicted molar refractivity (Wildman–Crippen MR) is 82.3 cm³/mol. The Morgan fingerprint density at radius 1 is 1.41 bits per heavy atom. The van der Waals surface area contributed by atoms with Crippen molar-refractivity contribution >= 4 is 34.0 Å². The van der Waals surface area contributed by atoms with E-state index in [-0.39, 0.29) is 24.1 Å². The van der Waals surface area contributed by atoms with Gasteiger partial charge in [-0.2, -0.15) is 0 Å². The average molecular weight is 319 g/mol. The van der Waals surface area contributed by atoms with Crippen molar-refractivity contribution < 1.29 is 14.0 Å². The van der Waals surface area contributed by atoms with E-state index in [0.717, 1.165) is 4.88 Å². The third kappa shape index (κ3) is 2.99. The van der Waals surface area contributed by atoms with Crippen LogP contribution in [-0.4, -0.2) is 23.3 Å². The predicted octanol–water partition coefficient (Wildman–Crippen LogP) is 2.58. The van der Waals surface area contributed by atoms with E-state index in [1.54, 1.807) is 6.20 Å². The summed E-state index contributed by atoms with van der Waals surface area (Å²) in [4.78, 5) is 30.9. The molecule has 1 aliphatic heterocycles. The summed E-state index contributed by atoms with van der Waals surface area (Å²) >= 11 is 1.39. The Balaban J connectivity index is 1.68. The van der Waals surface area contributed by atoms with E-state index in [4.69, 9.17) is 0 Å². The van der Waals surface area contributed by atoms with Crippen molar-refractivity contribution in [2.45, 2.75) is 13.3 Å². The second-order valence-corrected chi connectivity index (χ2v) is 6.38. The molecule has 22 heavy (non-hydrogen) atoms. The van der Waals surface area contributed by atoms with Gasteiger partial charge >= 0.3 is 0 Å². The molecule has 1 aromatic heterocycles. The number of hydrogen-bond acceptors (Lipinski definition) is 4. The number of benzene rings is 1. The molecule has 0 bridgehead atoms. The number of rotatable bonds is 3. The van der Waals surface area contributed by atoms with Crippen LogP contribution < -0.4 is 10.2 Å². The van der Waals surface area contributed by atoms with E-state index in [2.05, 4.69) is 10.3 Å². The van der Waals surface area contributed by atoms with E-state index in [1.165, 1.54) is 40.5 Å². The molecule has 7 heteroatoms. The molecule has 1 saturated heterocycles. The molecular formula is C15H14FN3O2S. The van der Waals surface area contributed by atoms with Crippen LogP contribution in [0.5, 0.6) is 0 Å². The summed E-state index contributed by atoms with van der Waals surface area (Å²) in [7, 11) is 0. The molecule has 1 aliphatic rings. The van der Waals surface area contributed by atoms with Crippen molar-refractivity contribution in [2.24, 2.45) is 5.92 Å². The van der Waals surface area contributed by atoms with Gasteiger partial charge in [0.1, 0.15) is 5.82 Å². The average Bonchev–Trinajstić information content (AvgIpc) is 3.06. The number of nitrogens with one attached hydrogen (secondary N) is 1. The number of anilines is 2. The summed E-state index contributed by atoms with van der Waals surface area (Å²) < 4.78 is 12.9. The topological polar surface area (TPSA) is 62.3 Å². The third-order valence-corrected chi connectivity index (χ3v) is 4.31. The first-order chi connectivity index (χ1) is 10.5. The second kappa shape index (κ2) is 5.84. The van der Waals surface area contributed by atoms with Gasteiger partial charge in [0.05, 0.1) is 5.92 Å². The monoisotopic (exact) mass is 319 g/mol. The zero-order valence-corrected chi connectivity index (χ0v) is 12.7. The first-order valence-corrected chi connectivity index (χ1v) is 7.64. The van der Waals surface area contributed by atoms with Crippen LogP contribution in [-0.2, 0) is 9.59 Å². The zero-order chi connectivity index (χ0) is 15.7. The van der Waals surface area contributed by atoms with Crippen LogP contribution in [0.4, 0.5) is 15.2 Å². The Labute approximate surface area is 130 Å². The summed E-state index contributed by atoms with van der Waals surface area (Å²) in [5.41, 5.74) is 0.604. The smallest absolute Gasteiger partial charge is 0.231 e. The fraction of sp³-hybridized carbons (Fsp3) is 0.267. The molecule has 1 fully saturated rings. The molecule has 2 heterocycles. The number of thiazole rings is 1. The number of aryl methyl sites for hydroxylation is 1. The van der Waals surface area contributed by atoms with Crippen LogP contribution in [0.2, 0.25) is 0 Å². The number of carbonyl (C=O) groups is 2. The molecule has 0 saturated carbocycles. The van der Waals surface area contributed by atoms with Crippen molar-refractivity contribution in [2.75, 3.05) is 16.8 Å². The number of nitrogens with zero attached hydrogens (tertiary/aromatic N) is 2. The maximum absolute atomic E-state index is 12.9. The van der Waals surface area contributed by atoms with E-state index < -0.39 is 5.92 Å². The van der Waals surface area contributed by atoms with Crippen molar-refractivity contribution in [1.29, 1.82) is 0 Å². The minimum Gasteiger partial charge on any atom is -0.312 e. The summed E-state index contributed by atoms with van der Waals surface area (Å²) in [5.74, 6) is -1.14. The summed E-state index contributed by atoms with van der Waals surface area (Å²) in [6.07, 6.45) is 1.83. The molecule has 2 amide bonds. The minimum atomic E-state index is -0.429. The zero-order valence-electron chi connectivity index (χ0n) is 11.9. The second-order valence-electron chi connectivity index (χ2n) is 5.15. The van der Waals surface area contributed by atoms with Gasteiger partial charge in [0.15, 0.2) is 5.13 Å². The van der Waals surface area contributed by atoms with Crippen LogP contribution in [0.25, 0.3) is 0 Å². The highest BCUT2D eigenvalue weighted by molar-refractivity contribution is 7.15. The summed E-state index contributed by atoms with van der Waals surface area (Å²) in [6, 6.07) is 5.68. The standard InChI is InChI=1S/C15H14FN3O2S/c1-9-7-17-15(22-9)18-14(21)10-6-13(20)19(8-10)12-4-2-11(16)3-5-12/h2-5,7,10H,6,8H2,1H3,(H,17,18,21)/t10-/m1/s1. The Bertz CT molecular complexity index is 714. The Hall–Kier alpha value is -2.28. The molecule has 2 aromatic rings. The molecule has 1 atom stereocenters. The van der Waals surface area contributed by atoms with E-state index in [0.29, 0.717) is 17.4 Å². The molecule has 3 rings (SSSR count). The van der Waals surface area contributed by atoms with Gasteiger partial charge < -0.3 is 10.2 Å². The molecule has 0 aliphatic carbocycles. The van der Waals surface area contributed by atoms with Crippen LogP contribution in [0.15, 0.2) is 30.5 Å². The number of halogens is 1. The van der Waals surface area contributed by atoms with Gasteiger partial charge in [0.2, 0.25) is 11.8 Å². The molecule has 0 spiro atoms. The van der Waals surface area contributed by atoms with Crippen LogP contribution >= 0.6 is 11.3 Å². The lowest BCUT2D eigenvalue weighted by Crippen LogP contribution is -2.28. The van der Waals surface area contributed by atoms with Gasteiger partial charge in [-0.25, -0.2) is 9.37 Å². The fourth-order valence-corrected chi connectivity index (χ4v) is 3.04. The lowest BCUT2D eigenvalue weighted by Gasteiger charge is -2.16. The van der Waals surface area contributed by atoms with E-state index in [1.807, 2.05) is 6.92 Å². The minimum absolute atomic E-state index is 0.137. The number of carbonyl (C=O) groups excluding carboxylic acids is 2. The highest BCUT2D eigenvalue weighted by Gasteiger charge is 2.35. The molecule has 114 valence electrons. The maximum atomic E-state index is 12.9. The van der Waals surface area contributed by atoms with Gasteiger partial charge in [0.25, 0.3) is 0 Å². The van der Waals surface area contributed by atoms with E-state index in [9.17, 15) is 14.0 Å². The highest BCUT2D eigenvalue weighted by Crippen LogP contribution is 2.26. The van der Waals surface area contributed by atoms with Gasteiger partial charge in [-0.1, -0.05) is 0 Å². The number of hydrogen-bond donors (Lipinski definition) is 1. The lowest BCUT2D eigenvalue weighted by atomic mass is 10.1. The molecular weight excluding hydrogens is 305 g/mol. The number of aromatic nitrogens is 1. The van der Waals surface area contributed by atoms with Crippen LogP contribution in [0, 0.1) is 18.7 Å². The van der Waals surface area contributed by atoms with Crippen molar-refractivity contribution in [1.82, 2.24) is 4.98 Å². The quantitative estimate of drug-likeness (QED) is 0.946. The van der Waals surface area contributed by atoms with Gasteiger partial charge in [-0.3, -0.25) is 9.59 Å². The van der Waals surface area contributed by atoms with Crippen molar-refractivity contribution in [3.63, 3.8) is 0 Å². The molecule has 1 aromatic carbocycles. The third-order valence-electron chi connectivity index (χ3n) is 3.49. The van der Waals surface area contributed by atoms with E-state index >= 15 is 0 Å². The molecule has 0 unspecified atom stereocenters. The summed E-state index contributed by atoms with van der Waals surface area (Å²) in [5, 5.41) is 3.27. The first-order valence-electron chi connectivity index (χ1n) is 6.82. The fourth-order valence-electron chi connectivity index (χ4n) is 2.37. The van der Waals surface area contributed by atoms with Gasteiger partial charge in [0, 0.05) is 29.7 Å². The van der Waals surface area contributed by atoms with Gasteiger partial charge in [-0.15, -0.1) is 11.3 Å². The molecule has 0 radical (unpaired) electrons. The van der Waals surface area contributed by atoms with Gasteiger partial charge in [-0.05, 0) is 31.2 Å². The SMILES string of the molecule is Cc1cnc(NC(=O)[C@@H]2CC(=O)N(c3ccc(F)cc3)C2)s1. The Morgan fingerprint density at radius 3 is 2.77 bits per heavy atom. The summed E-state index contributed by atoms with van der Waals surface area (Å²) in [6.45, 7) is 2.20. The first kappa shape index (κ1) is 14.6. The lowest BCUT2D eigenvalue weighted by molar-refractivity contribution is -0.122. The normalized spacial score (nSPS) is 17.8. The molecule has 1 N–H and O–H groups in total. The van der Waals surface area contributed by atoms with Crippen LogP contribution in [0.1, 0.15) is 11.3 Å². The number of amides is 2.